The maximum atomic E-state index is 14.1. The molecule has 0 fully saturated rings. The number of halogens is 4. The average Bonchev–Trinajstić information content (AvgIpc) is 3.18. The minimum absolute atomic E-state index is 0.0451. The third-order valence-corrected chi connectivity index (χ3v) is 8.36. The summed E-state index contributed by atoms with van der Waals surface area (Å²) >= 11 is 25.9. The largest absolute Gasteiger partial charge is 0.465 e. The van der Waals surface area contributed by atoms with E-state index in [-0.39, 0.29) is 38.5 Å². The van der Waals surface area contributed by atoms with Gasteiger partial charge in [-0.15, -0.1) is 0 Å². The Morgan fingerprint density at radius 2 is 1.72 bits per heavy atom. The standard InChI is InChI=1S/C27H22Cl4N2O5S/c1-3-4-9-38-26(35)22-20(32)17(10-13-5-6-14(28)11-18(13)30)21-24(27(36)37-2)39-23(25(34)33(21)22)16-8-7-15(29)12-19(16)31/h5-8,10-12,23H,3-4,9,32H2,1-2H3/b17-10+. The molecular weight excluding hydrogens is 606 g/mol. The molecule has 1 atom stereocenters. The fourth-order valence-electron chi connectivity index (χ4n) is 4.04. The molecule has 4 rings (SSSR count). The topological polar surface area (TPSA) is 101 Å². The first kappa shape index (κ1) is 29.4. The van der Waals surface area contributed by atoms with Crippen molar-refractivity contribution in [3.8, 4) is 0 Å². The Morgan fingerprint density at radius 1 is 1.05 bits per heavy atom. The first-order chi connectivity index (χ1) is 18.6. The van der Waals surface area contributed by atoms with E-state index in [0.717, 1.165) is 22.7 Å². The molecule has 1 unspecified atom stereocenters. The Morgan fingerprint density at radius 3 is 2.33 bits per heavy atom. The summed E-state index contributed by atoms with van der Waals surface area (Å²) in [4.78, 5) is 40.5. The van der Waals surface area contributed by atoms with Gasteiger partial charge in [-0.3, -0.25) is 9.36 Å². The molecule has 0 bridgehead atoms. The van der Waals surface area contributed by atoms with E-state index in [1.54, 1.807) is 30.3 Å². The highest BCUT2D eigenvalue weighted by Gasteiger charge is 2.39. The van der Waals surface area contributed by atoms with Crippen LogP contribution in [0.4, 0.5) is 5.69 Å². The molecule has 2 aromatic carbocycles. The molecule has 0 aliphatic carbocycles. The fourth-order valence-corrected chi connectivity index (χ4v) is 6.35. The minimum atomic E-state index is -1.02. The number of hydrogen-bond donors (Lipinski definition) is 1. The van der Waals surface area contributed by atoms with Crippen molar-refractivity contribution in [1.82, 2.24) is 4.57 Å². The predicted molar refractivity (Wildman–Crippen MR) is 156 cm³/mol. The molecule has 1 aliphatic heterocycles. The number of aromatic nitrogens is 1. The van der Waals surface area contributed by atoms with Gasteiger partial charge in [-0.1, -0.05) is 83.6 Å². The quantitative estimate of drug-likeness (QED) is 0.258. The maximum absolute atomic E-state index is 14.1. The number of carbonyl (C=O) groups is 3. The zero-order chi connectivity index (χ0) is 28.4. The number of methoxy groups -OCH3 is 1. The monoisotopic (exact) mass is 626 g/mol. The summed E-state index contributed by atoms with van der Waals surface area (Å²) in [5.41, 5.74) is 7.15. The van der Waals surface area contributed by atoms with E-state index in [4.69, 9.17) is 61.6 Å². The SMILES string of the molecule is CCCCOC(=O)c1c(N)/c(=C\c2ccc(Cl)cc2Cl)c2n1C(=O)C(c1ccc(Cl)cc1Cl)SC=2C(=O)OC. The van der Waals surface area contributed by atoms with Crippen LogP contribution in [-0.2, 0) is 14.3 Å². The number of nitrogens with zero attached hydrogens (tertiary/aromatic N) is 1. The number of carbonyl (C=O) groups excluding carboxylic acids is 3. The van der Waals surface area contributed by atoms with Gasteiger partial charge < -0.3 is 15.2 Å². The Bertz CT molecular complexity index is 1620. The molecule has 39 heavy (non-hydrogen) atoms. The van der Waals surface area contributed by atoms with Gasteiger partial charge in [0.2, 0.25) is 5.91 Å². The second kappa shape index (κ2) is 12.3. The number of fused-ring (bicyclic) bond motifs is 1. The van der Waals surface area contributed by atoms with E-state index in [2.05, 4.69) is 0 Å². The molecule has 7 nitrogen and oxygen atoms in total. The van der Waals surface area contributed by atoms with Crippen LogP contribution in [0.2, 0.25) is 20.1 Å². The second-order valence-electron chi connectivity index (χ2n) is 8.48. The molecule has 204 valence electrons. The number of benzene rings is 2. The smallest absolute Gasteiger partial charge is 0.357 e. The molecule has 0 amide bonds. The number of nitrogen functional groups attached to an aromatic ring is 1. The number of thioether (sulfide) groups is 1. The van der Waals surface area contributed by atoms with Crippen LogP contribution in [0.5, 0.6) is 0 Å². The highest BCUT2D eigenvalue weighted by atomic mass is 35.5. The minimum Gasteiger partial charge on any atom is -0.465 e. The molecule has 1 aromatic heterocycles. The van der Waals surface area contributed by atoms with Crippen molar-refractivity contribution in [2.24, 2.45) is 0 Å². The molecule has 3 aromatic rings. The van der Waals surface area contributed by atoms with Gasteiger partial charge in [0, 0.05) is 25.3 Å². The molecule has 1 aliphatic rings. The van der Waals surface area contributed by atoms with Crippen LogP contribution in [0.1, 0.15) is 51.4 Å². The Hall–Kier alpha value is -2.62. The van der Waals surface area contributed by atoms with Crippen LogP contribution in [0.15, 0.2) is 36.4 Å². The van der Waals surface area contributed by atoms with E-state index in [9.17, 15) is 14.4 Å². The van der Waals surface area contributed by atoms with Crippen molar-refractivity contribution in [2.75, 3.05) is 19.5 Å². The fraction of sp³-hybridized carbons (Fsp3) is 0.222. The molecule has 12 heteroatoms. The number of ether oxygens (including phenoxy) is 2. The van der Waals surface area contributed by atoms with Crippen LogP contribution >= 0.6 is 58.2 Å². The summed E-state index contributed by atoms with van der Waals surface area (Å²) in [6, 6.07) is 9.48. The zero-order valence-corrected chi connectivity index (χ0v) is 24.6. The van der Waals surface area contributed by atoms with Gasteiger partial charge in [-0.2, -0.15) is 0 Å². The van der Waals surface area contributed by atoms with Gasteiger partial charge in [0.15, 0.2) is 5.69 Å². The lowest BCUT2D eigenvalue weighted by Gasteiger charge is -2.24. The first-order valence-electron chi connectivity index (χ1n) is 11.7. The summed E-state index contributed by atoms with van der Waals surface area (Å²) in [6.07, 6.45) is 2.98. The van der Waals surface area contributed by atoms with Gasteiger partial charge in [0.25, 0.3) is 0 Å². The van der Waals surface area contributed by atoms with Crippen molar-refractivity contribution in [1.29, 1.82) is 0 Å². The van der Waals surface area contributed by atoms with Gasteiger partial charge in [0.1, 0.15) is 10.2 Å². The maximum Gasteiger partial charge on any atom is 0.357 e. The number of unbranched alkanes of at least 4 members (excludes halogenated alkanes) is 1. The lowest BCUT2D eigenvalue weighted by atomic mass is 10.1. The van der Waals surface area contributed by atoms with E-state index >= 15 is 0 Å². The first-order valence-corrected chi connectivity index (χ1v) is 14.1. The third kappa shape index (κ3) is 5.81. The number of nitrogens with two attached hydrogens (primary N) is 1. The highest BCUT2D eigenvalue weighted by Crippen LogP contribution is 2.42. The summed E-state index contributed by atoms with van der Waals surface area (Å²) in [5, 5.41) is 0.601. The lowest BCUT2D eigenvalue weighted by molar-refractivity contribution is -0.133. The van der Waals surface area contributed by atoms with Crippen LogP contribution in [0.3, 0.4) is 0 Å². The van der Waals surface area contributed by atoms with Crippen molar-refractivity contribution in [3.63, 3.8) is 0 Å². The number of rotatable bonds is 7. The van der Waals surface area contributed by atoms with E-state index in [1.807, 2.05) is 6.92 Å². The van der Waals surface area contributed by atoms with Gasteiger partial charge >= 0.3 is 11.9 Å². The molecule has 0 spiro atoms. The molecule has 0 radical (unpaired) electrons. The van der Waals surface area contributed by atoms with Crippen LogP contribution in [0, 0.1) is 0 Å². The summed E-state index contributed by atoms with van der Waals surface area (Å²) in [5.74, 6) is -2.10. The van der Waals surface area contributed by atoms with Gasteiger partial charge in [-0.25, -0.2) is 9.59 Å². The molecule has 0 saturated carbocycles. The average molecular weight is 628 g/mol. The predicted octanol–water partition coefficient (Wildman–Crippen LogP) is 5.88. The van der Waals surface area contributed by atoms with E-state index in [0.29, 0.717) is 32.6 Å². The lowest BCUT2D eigenvalue weighted by Crippen LogP contribution is -2.42. The zero-order valence-electron chi connectivity index (χ0n) is 20.7. The van der Waals surface area contributed by atoms with Gasteiger partial charge in [0.05, 0.1) is 24.8 Å². The number of hydrogen-bond acceptors (Lipinski definition) is 7. The van der Waals surface area contributed by atoms with Crippen molar-refractivity contribution < 1.29 is 23.9 Å². The summed E-state index contributed by atoms with van der Waals surface area (Å²) < 4.78 is 11.6. The Kier molecular flexibility index (Phi) is 9.24. The second-order valence-corrected chi connectivity index (χ2v) is 11.3. The van der Waals surface area contributed by atoms with Gasteiger partial charge in [-0.05, 0) is 47.9 Å². The molecule has 2 N–H and O–H groups in total. The number of esters is 2. The molecular formula is C27H22Cl4N2O5S. The number of anilines is 1. The van der Waals surface area contributed by atoms with E-state index < -0.39 is 23.1 Å². The van der Waals surface area contributed by atoms with E-state index in [1.165, 1.54) is 19.2 Å². The summed E-state index contributed by atoms with van der Waals surface area (Å²) in [7, 11) is 1.21. The highest BCUT2D eigenvalue weighted by molar-refractivity contribution is 8.10. The molecule has 2 heterocycles. The molecule has 0 saturated heterocycles. The third-order valence-electron chi connectivity index (χ3n) is 5.95. The normalized spacial score (nSPS) is 15.3. The van der Waals surface area contributed by atoms with Crippen LogP contribution in [-0.4, -0.2) is 36.1 Å². The summed E-state index contributed by atoms with van der Waals surface area (Å²) in [6.45, 7) is 2.07. The van der Waals surface area contributed by atoms with Crippen LogP contribution < -0.4 is 16.3 Å². The Balaban J connectivity index is 2.08. The van der Waals surface area contributed by atoms with Crippen LogP contribution in [0.25, 0.3) is 11.0 Å². The van der Waals surface area contributed by atoms with Crippen molar-refractivity contribution in [2.45, 2.75) is 25.0 Å². The van der Waals surface area contributed by atoms with Crippen molar-refractivity contribution >= 4 is 92.7 Å². The Labute approximate surface area is 248 Å². The van der Waals surface area contributed by atoms with Crippen molar-refractivity contribution in [3.05, 3.63) is 83.9 Å².